The van der Waals surface area contributed by atoms with Gasteiger partial charge in [-0.25, -0.2) is 8.42 Å². The second kappa shape index (κ2) is 12.4. The molecule has 0 bridgehead atoms. The van der Waals surface area contributed by atoms with Crippen LogP contribution in [0.5, 0.6) is 5.75 Å². The lowest BCUT2D eigenvalue weighted by Gasteiger charge is -2.38. The van der Waals surface area contributed by atoms with E-state index in [4.69, 9.17) is 9.47 Å². The third kappa shape index (κ3) is 6.73. The molecule has 1 aliphatic carbocycles. The molecule has 1 heterocycles. The van der Waals surface area contributed by atoms with Gasteiger partial charge in [0.1, 0.15) is 23.4 Å². The van der Waals surface area contributed by atoms with Gasteiger partial charge in [-0.1, -0.05) is 38.0 Å². The predicted molar refractivity (Wildman–Crippen MR) is 133 cm³/mol. The molecule has 0 spiro atoms. The molecule has 8 heteroatoms. The summed E-state index contributed by atoms with van der Waals surface area (Å²) in [5.41, 5.74) is 0.676. The first-order valence-electron chi connectivity index (χ1n) is 12.4. The Bertz CT molecular complexity index is 965. The van der Waals surface area contributed by atoms with Crippen molar-refractivity contribution in [3.05, 3.63) is 23.8 Å². The molecule has 0 unspecified atom stereocenters. The zero-order chi connectivity index (χ0) is 24.7. The molecule has 0 amide bonds. The van der Waals surface area contributed by atoms with Crippen LogP contribution >= 0.6 is 0 Å². The van der Waals surface area contributed by atoms with Gasteiger partial charge in [0.05, 0.1) is 6.61 Å². The monoisotopic (exact) mass is 492 g/mol. The minimum atomic E-state index is -3.84. The SMILES string of the molecule is COCC#Cc1ccc2c(c1)O[C@H](CN(C)CC1CCCCC1)[C@H](C)CN([C@H](C)CO)S2(=O)=O. The third-order valence-corrected chi connectivity index (χ3v) is 8.92. The third-order valence-electron chi connectivity index (χ3n) is 6.90. The topological polar surface area (TPSA) is 79.3 Å². The Hall–Kier alpha value is -1.63. The molecule has 3 atom stereocenters. The van der Waals surface area contributed by atoms with Crippen LogP contribution in [0.4, 0.5) is 0 Å². The van der Waals surface area contributed by atoms with E-state index in [1.54, 1.807) is 32.2 Å². The summed E-state index contributed by atoms with van der Waals surface area (Å²) in [6, 6.07) is 4.44. The number of benzene rings is 1. The minimum Gasteiger partial charge on any atom is -0.487 e. The fraction of sp³-hybridized carbons (Fsp3) is 0.692. The van der Waals surface area contributed by atoms with E-state index >= 15 is 0 Å². The molecule has 0 radical (unpaired) electrons. The second-order valence-corrected chi connectivity index (χ2v) is 11.7. The molecule has 1 aromatic rings. The van der Waals surface area contributed by atoms with E-state index in [0.717, 1.165) is 6.54 Å². The zero-order valence-corrected chi connectivity index (χ0v) is 21.8. The molecule has 1 aromatic carbocycles. The number of ether oxygens (including phenoxy) is 2. The van der Waals surface area contributed by atoms with Crippen LogP contribution < -0.4 is 4.74 Å². The lowest BCUT2D eigenvalue weighted by molar-refractivity contribution is 0.0688. The number of sulfonamides is 1. The van der Waals surface area contributed by atoms with E-state index in [0.29, 0.717) is 36.9 Å². The molecule has 34 heavy (non-hydrogen) atoms. The molecule has 1 N–H and O–H groups in total. The van der Waals surface area contributed by atoms with Crippen molar-refractivity contribution in [2.45, 2.75) is 63.0 Å². The van der Waals surface area contributed by atoms with Crippen molar-refractivity contribution in [2.75, 3.05) is 47.0 Å². The van der Waals surface area contributed by atoms with Crippen molar-refractivity contribution in [1.29, 1.82) is 0 Å². The summed E-state index contributed by atoms with van der Waals surface area (Å²) >= 11 is 0. The van der Waals surface area contributed by atoms with Crippen molar-refractivity contribution in [3.63, 3.8) is 0 Å². The second-order valence-electron chi connectivity index (χ2n) is 9.86. The standard InChI is InChI=1S/C26H40N2O5S/c1-20-16-28(21(2)19-29)34(30,31)26-13-12-22(11-8-14-32-4)15-24(26)33-25(20)18-27(3)17-23-9-6-5-7-10-23/h12-13,15,20-21,23,25,29H,5-7,9-10,14,16-19H2,1-4H3/t20-,21-,25-/m1/s1. The van der Waals surface area contributed by atoms with Gasteiger partial charge in [0, 0.05) is 44.3 Å². The van der Waals surface area contributed by atoms with Crippen molar-refractivity contribution >= 4 is 10.0 Å². The number of hydrogen-bond acceptors (Lipinski definition) is 6. The van der Waals surface area contributed by atoms with E-state index in [9.17, 15) is 13.5 Å². The molecule has 1 fully saturated rings. The Balaban J connectivity index is 1.92. The molecule has 0 aromatic heterocycles. The Morgan fingerprint density at radius 2 is 2.00 bits per heavy atom. The maximum atomic E-state index is 13.6. The van der Waals surface area contributed by atoms with Crippen molar-refractivity contribution in [2.24, 2.45) is 11.8 Å². The van der Waals surface area contributed by atoms with Crippen molar-refractivity contribution in [3.8, 4) is 17.6 Å². The minimum absolute atomic E-state index is 0.0611. The molecule has 0 saturated heterocycles. The molecule has 1 saturated carbocycles. The molecule has 3 rings (SSSR count). The largest absolute Gasteiger partial charge is 0.487 e. The zero-order valence-electron chi connectivity index (χ0n) is 21.0. The Morgan fingerprint density at radius 1 is 1.26 bits per heavy atom. The first kappa shape index (κ1) is 27.0. The van der Waals surface area contributed by atoms with Gasteiger partial charge in [-0.2, -0.15) is 4.31 Å². The molecule has 190 valence electrons. The number of nitrogens with zero attached hydrogens (tertiary/aromatic N) is 2. The van der Waals surface area contributed by atoms with Gasteiger partial charge in [-0.05, 0) is 50.9 Å². The number of fused-ring (bicyclic) bond motifs is 1. The van der Waals surface area contributed by atoms with Gasteiger partial charge >= 0.3 is 0 Å². The number of likely N-dealkylation sites (N-methyl/N-ethyl adjacent to an activating group) is 1. The first-order valence-corrected chi connectivity index (χ1v) is 13.8. The average Bonchev–Trinajstić information content (AvgIpc) is 2.81. The van der Waals surface area contributed by atoms with E-state index in [2.05, 4.69) is 23.8 Å². The van der Waals surface area contributed by atoms with Crippen LogP contribution in [0.1, 0.15) is 51.5 Å². The van der Waals surface area contributed by atoms with E-state index in [-0.39, 0.29) is 23.5 Å². The molecular weight excluding hydrogens is 452 g/mol. The summed E-state index contributed by atoms with van der Waals surface area (Å²) in [5.74, 6) is 6.90. The molecule has 7 nitrogen and oxygen atoms in total. The Labute approximate surface area is 205 Å². The number of methoxy groups -OCH3 is 1. The van der Waals surface area contributed by atoms with Gasteiger partial charge < -0.3 is 19.5 Å². The van der Waals surface area contributed by atoms with Crippen LogP contribution in [0.25, 0.3) is 0 Å². The van der Waals surface area contributed by atoms with E-state index in [1.807, 2.05) is 6.92 Å². The Morgan fingerprint density at radius 3 is 2.68 bits per heavy atom. The number of hydrogen-bond donors (Lipinski definition) is 1. The maximum Gasteiger partial charge on any atom is 0.247 e. The van der Waals surface area contributed by atoms with Crippen LogP contribution in [0, 0.1) is 23.7 Å². The number of aliphatic hydroxyl groups is 1. The van der Waals surface area contributed by atoms with Crippen LogP contribution in [0.3, 0.4) is 0 Å². The lowest BCUT2D eigenvalue weighted by Crippen LogP contribution is -2.49. The summed E-state index contributed by atoms with van der Waals surface area (Å²) in [6.07, 6.45) is 6.30. The molecule has 1 aliphatic heterocycles. The van der Waals surface area contributed by atoms with Crippen LogP contribution in [-0.2, 0) is 14.8 Å². The number of rotatable bonds is 7. The fourth-order valence-electron chi connectivity index (χ4n) is 4.92. The highest BCUT2D eigenvalue weighted by atomic mass is 32.2. The van der Waals surface area contributed by atoms with Gasteiger partial charge in [-0.15, -0.1) is 0 Å². The van der Waals surface area contributed by atoms with Gasteiger partial charge in [0.25, 0.3) is 0 Å². The van der Waals surface area contributed by atoms with Crippen molar-refractivity contribution in [1.82, 2.24) is 9.21 Å². The predicted octanol–water partition coefficient (Wildman–Crippen LogP) is 2.97. The van der Waals surface area contributed by atoms with Gasteiger partial charge in [0.2, 0.25) is 10.0 Å². The van der Waals surface area contributed by atoms with Crippen LogP contribution in [0.15, 0.2) is 23.1 Å². The van der Waals surface area contributed by atoms with E-state index in [1.165, 1.54) is 36.4 Å². The normalized spacial score (nSPS) is 24.3. The first-order chi connectivity index (χ1) is 16.3. The maximum absolute atomic E-state index is 13.6. The average molecular weight is 493 g/mol. The summed E-state index contributed by atoms with van der Waals surface area (Å²) in [4.78, 5) is 2.45. The fourth-order valence-corrected chi connectivity index (χ4v) is 6.75. The summed E-state index contributed by atoms with van der Waals surface area (Å²) in [7, 11) is -0.134. The lowest BCUT2D eigenvalue weighted by atomic mass is 9.89. The molecule has 2 aliphatic rings. The quantitative estimate of drug-likeness (QED) is 0.590. The Kier molecular flexibility index (Phi) is 9.81. The highest BCUT2D eigenvalue weighted by Crippen LogP contribution is 2.34. The number of aliphatic hydroxyl groups excluding tert-OH is 1. The van der Waals surface area contributed by atoms with E-state index < -0.39 is 16.1 Å². The molecular formula is C26H40N2O5S. The van der Waals surface area contributed by atoms with Crippen LogP contribution in [-0.4, -0.2) is 81.9 Å². The van der Waals surface area contributed by atoms with Gasteiger partial charge in [0.15, 0.2) is 0 Å². The van der Waals surface area contributed by atoms with Gasteiger partial charge in [-0.3, -0.25) is 0 Å². The highest BCUT2D eigenvalue weighted by Gasteiger charge is 2.38. The summed E-state index contributed by atoms with van der Waals surface area (Å²) in [6.45, 7) is 5.84. The van der Waals surface area contributed by atoms with Crippen LogP contribution in [0.2, 0.25) is 0 Å². The summed E-state index contributed by atoms with van der Waals surface area (Å²) < 4.78 is 40.0. The highest BCUT2D eigenvalue weighted by molar-refractivity contribution is 7.89. The summed E-state index contributed by atoms with van der Waals surface area (Å²) in [5, 5.41) is 9.80. The smallest absolute Gasteiger partial charge is 0.247 e. The van der Waals surface area contributed by atoms with Crippen molar-refractivity contribution < 1.29 is 23.0 Å².